The number of pyridine rings is 1. The fourth-order valence-electron chi connectivity index (χ4n) is 1.35. The van der Waals surface area contributed by atoms with Gasteiger partial charge in [0.25, 0.3) is 0 Å². The zero-order chi connectivity index (χ0) is 11.5. The van der Waals surface area contributed by atoms with Gasteiger partial charge in [-0.1, -0.05) is 0 Å². The molecule has 6 nitrogen and oxygen atoms in total. The second kappa shape index (κ2) is 3.98. The van der Waals surface area contributed by atoms with Gasteiger partial charge in [0.15, 0.2) is 4.98 Å². The predicted octanol–water partition coefficient (Wildman–Crippen LogP) is 1.98. The summed E-state index contributed by atoms with van der Waals surface area (Å²) in [6, 6.07) is 5.19. The van der Waals surface area contributed by atoms with Crippen LogP contribution in [0.25, 0.3) is 16.4 Å². The Morgan fingerprint density at radius 3 is 2.69 bits per heavy atom. The summed E-state index contributed by atoms with van der Waals surface area (Å²) in [5.41, 5.74) is 1.71. The minimum absolute atomic E-state index is 0.269. The SMILES string of the molecule is COc1nc(-c2ccn(C)n2)ccc1[N+]#N. The first kappa shape index (κ1) is 10.1. The number of nitrogens with zero attached hydrogens (tertiary/aromatic N) is 5. The highest BCUT2D eigenvalue weighted by molar-refractivity contribution is 5.62. The van der Waals surface area contributed by atoms with Gasteiger partial charge in [0.1, 0.15) is 5.69 Å². The van der Waals surface area contributed by atoms with E-state index in [4.69, 9.17) is 10.1 Å². The van der Waals surface area contributed by atoms with Gasteiger partial charge in [-0.3, -0.25) is 4.68 Å². The molecule has 0 bridgehead atoms. The van der Waals surface area contributed by atoms with Gasteiger partial charge in [-0.05, 0) is 12.1 Å². The number of methoxy groups -OCH3 is 1. The lowest BCUT2D eigenvalue weighted by molar-refractivity contribution is 0.401. The van der Waals surface area contributed by atoms with Gasteiger partial charge in [0, 0.05) is 19.3 Å². The maximum absolute atomic E-state index is 8.70. The van der Waals surface area contributed by atoms with E-state index in [0.717, 1.165) is 5.69 Å². The van der Waals surface area contributed by atoms with Crippen molar-refractivity contribution in [3.8, 4) is 17.3 Å². The molecule has 80 valence electrons. The van der Waals surface area contributed by atoms with Crippen molar-refractivity contribution in [1.82, 2.24) is 14.8 Å². The van der Waals surface area contributed by atoms with Crippen molar-refractivity contribution in [2.75, 3.05) is 7.11 Å². The van der Waals surface area contributed by atoms with Crippen LogP contribution in [0, 0.1) is 5.39 Å². The van der Waals surface area contributed by atoms with Crippen molar-refractivity contribution < 1.29 is 4.74 Å². The lowest BCUT2D eigenvalue weighted by atomic mass is 10.2. The highest BCUT2D eigenvalue weighted by Gasteiger charge is 2.17. The van der Waals surface area contributed by atoms with Crippen LogP contribution in [0.2, 0.25) is 0 Å². The standard InChI is InChI=1S/C10H10N5O/c1-15-6-5-8(14-15)7-3-4-9(13-11)10(12-7)16-2/h3-6H,1-2H3/q+1. The maximum atomic E-state index is 8.70. The van der Waals surface area contributed by atoms with E-state index in [1.165, 1.54) is 7.11 Å². The lowest BCUT2D eigenvalue weighted by Gasteiger charge is -1.98. The first-order chi connectivity index (χ1) is 7.74. The monoisotopic (exact) mass is 216 g/mol. The van der Waals surface area contributed by atoms with E-state index in [0.29, 0.717) is 11.4 Å². The summed E-state index contributed by atoms with van der Waals surface area (Å²) in [5.74, 6) is 0.269. The maximum Gasteiger partial charge on any atom is 0.446 e. The molecule has 0 aliphatic carbocycles. The average Bonchev–Trinajstić information content (AvgIpc) is 2.75. The number of hydrogen-bond donors (Lipinski definition) is 0. The molecule has 0 amide bonds. The van der Waals surface area contributed by atoms with Gasteiger partial charge in [-0.25, -0.2) is 4.98 Å². The molecule has 6 heteroatoms. The number of hydrogen-bond acceptors (Lipinski definition) is 4. The quantitative estimate of drug-likeness (QED) is 0.720. The van der Waals surface area contributed by atoms with E-state index in [2.05, 4.69) is 15.1 Å². The average molecular weight is 216 g/mol. The molecule has 16 heavy (non-hydrogen) atoms. The van der Waals surface area contributed by atoms with Crippen molar-refractivity contribution in [2.24, 2.45) is 7.05 Å². The zero-order valence-electron chi connectivity index (χ0n) is 8.95. The van der Waals surface area contributed by atoms with Crippen LogP contribution in [0.3, 0.4) is 0 Å². The van der Waals surface area contributed by atoms with Crippen LogP contribution >= 0.6 is 0 Å². The summed E-state index contributed by atoms with van der Waals surface area (Å²) < 4.78 is 6.69. The van der Waals surface area contributed by atoms with Crippen LogP contribution < -0.4 is 4.74 Å². The van der Waals surface area contributed by atoms with Crippen LogP contribution in [0.5, 0.6) is 5.88 Å². The van der Waals surface area contributed by atoms with Crippen molar-refractivity contribution in [1.29, 1.82) is 5.39 Å². The van der Waals surface area contributed by atoms with Crippen molar-refractivity contribution in [3.63, 3.8) is 0 Å². The molecule has 0 aliphatic heterocycles. The molecule has 2 heterocycles. The Hall–Kier alpha value is -2.42. The third-order valence-electron chi connectivity index (χ3n) is 2.12. The zero-order valence-corrected chi connectivity index (χ0v) is 8.95. The van der Waals surface area contributed by atoms with Crippen LogP contribution in [0.15, 0.2) is 24.4 Å². The first-order valence-corrected chi connectivity index (χ1v) is 4.64. The summed E-state index contributed by atoms with van der Waals surface area (Å²) >= 11 is 0. The van der Waals surface area contributed by atoms with Gasteiger partial charge >= 0.3 is 11.6 Å². The number of aromatic nitrogens is 3. The molecular weight excluding hydrogens is 206 g/mol. The number of ether oxygens (including phenoxy) is 1. The van der Waals surface area contributed by atoms with E-state index in [-0.39, 0.29) is 5.88 Å². The summed E-state index contributed by atoms with van der Waals surface area (Å²) in [7, 11) is 3.30. The molecule has 0 spiro atoms. The Morgan fingerprint density at radius 2 is 2.12 bits per heavy atom. The van der Waals surface area contributed by atoms with Gasteiger partial charge in [-0.15, -0.1) is 0 Å². The molecule has 0 aromatic carbocycles. The van der Waals surface area contributed by atoms with Gasteiger partial charge in [0.2, 0.25) is 5.39 Å². The van der Waals surface area contributed by atoms with Crippen molar-refractivity contribution in [3.05, 3.63) is 29.4 Å². The topological polar surface area (TPSA) is 68.1 Å². The summed E-state index contributed by atoms with van der Waals surface area (Å²) in [6.07, 6.45) is 1.83. The van der Waals surface area contributed by atoms with Crippen molar-refractivity contribution in [2.45, 2.75) is 0 Å². The van der Waals surface area contributed by atoms with Gasteiger partial charge in [0.05, 0.1) is 12.8 Å². The minimum Gasteiger partial charge on any atom is -0.475 e. The van der Waals surface area contributed by atoms with E-state index in [1.54, 1.807) is 16.8 Å². The highest BCUT2D eigenvalue weighted by Crippen LogP contribution is 2.27. The summed E-state index contributed by atoms with van der Waals surface area (Å²) in [4.78, 5) is 7.26. The highest BCUT2D eigenvalue weighted by atomic mass is 16.5. The van der Waals surface area contributed by atoms with E-state index in [9.17, 15) is 0 Å². The lowest BCUT2D eigenvalue weighted by Crippen LogP contribution is -1.92. The van der Waals surface area contributed by atoms with Crippen LogP contribution in [0.1, 0.15) is 0 Å². The Kier molecular flexibility index (Phi) is 2.52. The van der Waals surface area contributed by atoms with E-state index < -0.39 is 0 Å². The molecule has 0 unspecified atom stereocenters. The number of aryl methyl sites for hydroxylation is 1. The minimum atomic E-state index is 0.269. The molecule has 0 N–H and O–H groups in total. The predicted molar refractivity (Wildman–Crippen MR) is 57.7 cm³/mol. The largest absolute Gasteiger partial charge is 0.475 e. The van der Waals surface area contributed by atoms with Crippen LogP contribution in [-0.4, -0.2) is 21.9 Å². The molecule has 0 saturated carbocycles. The Morgan fingerprint density at radius 1 is 1.31 bits per heavy atom. The van der Waals surface area contributed by atoms with Crippen LogP contribution in [0.4, 0.5) is 5.69 Å². The van der Waals surface area contributed by atoms with E-state index in [1.807, 2.05) is 19.3 Å². The second-order valence-electron chi connectivity index (χ2n) is 3.20. The Labute approximate surface area is 92.1 Å². The molecule has 2 rings (SSSR count). The summed E-state index contributed by atoms with van der Waals surface area (Å²) in [5, 5.41) is 12.9. The fourth-order valence-corrected chi connectivity index (χ4v) is 1.35. The molecule has 0 saturated heterocycles. The van der Waals surface area contributed by atoms with Crippen LogP contribution in [-0.2, 0) is 7.05 Å². The molecule has 2 aromatic rings. The molecule has 0 radical (unpaired) electrons. The van der Waals surface area contributed by atoms with Gasteiger partial charge < -0.3 is 4.74 Å². The third-order valence-corrected chi connectivity index (χ3v) is 2.12. The normalized spacial score (nSPS) is 9.81. The molecule has 0 atom stereocenters. The first-order valence-electron chi connectivity index (χ1n) is 4.64. The second-order valence-corrected chi connectivity index (χ2v) is 3.20. The molecular formula is C10H10N5O+. The fraction of sp³-hybridized carbons (Fsp3) is 0.200. The Balaban J connectivity index is 2.48. The molecule has 0 aliphatic rings. The summed E-state index contributed by atoms with van der Waals surface area (Å²) in [6.45, 7) is 0. The third kappa shape index (κ3) is 1.70. The smallest absolute Gasteiger partial charge is 0.446 e. The van der Waals surface area contributed by atoms with Crippen molar-refractivity contribution >= 4 is 5.69 Å². The molecule has 2 aromatic heterocycles. The molecule has 0 fully saturated rings. The number of diazo groups is 1. The number of rotatable bonds is 2. The van der Waals surface area contributed by atoms with Gasteiger partial charge in [-0.2, -0.15) is 5.10 Å². The van der Waals surface area contributed by atoms with E-state index >= 15 is 0 Å². The Bertz CT molecular complexity index is 555.